The summed E-state index contributed by atoms with van der Waals surface area (Å²) in [6, 6.07) is 15.9. The number of ether oxygens (including phenoxy) is 1. The number of nitrogens with zero attached hydrogens (tertiary/aromatic N) is 1. The number of hydrogen-bond acceptors (Lipinski definition) is 3. The third-order valence-corrected chi connectivity index (χ3v) is 6.81. The molecule has 0 aromatic heterocycles. The van der Waals surface area contributed by atoms with Crippen LogP contribution in [0.15, 0.2) is 60.7 Å². The molecule has 4 nitrogen and oxygen atoms in total. The molecule has 3 aliphatic rings. The van der Waals surface area contributed by atoms with E-state index < -0.39 is 0 Å². The molecule has 1 saturated heterocycles. The highest BCUT2D eigenvalue weighted by molar-refractivity contribution is 6.23. The average molecular weight is 402 g/mol. The van der Waals surface area contributed by atoms with Crippen molar-refractivity contribution in [3.05, 3.63) is 71.8 Å². The number of carbonyl (C=O) groups is 2. The molecule has 4 unspecified atom stereocenters. The fourth-order valence-corrected chi connectivity index (χ4v) is 5.25. The Balaban J connectivity index is 1.33. The first-order valence-electron chi connectivity index (χ1n) is 11.0. The second-order valence-electron chi connectivity index (χ2n) is 8.69. The molecule has 0 radical (unpaired) electrons. The number of rotatable bonds is 7. The smallest absolute Gasteiger partial charge is 0.238 e. The van der Waals surface area contributed by atoms with Crippen molar-refractivity contribution in [3.63, 3.8) is 0 Å². The maximum absolute atomic E-state index is 13.2. The molecule has 5 rings (SSSR count). The standard InChI is InChI=1S/C26H27NO3/c1-2-3-6-17-9-11-18(12-10-17)16-30-22-8-5-4-7-21(22)27-25(28)23-19-13-14-20(15-19)24(23)26(27)29/h4-5,7-14,19-20,23-24H,2-3,6,15-16H2,1H3. The highest BCUT2D eigenvalue weighted by Gasteiger charge is 2.59. The van der Waals surface area contributed by atoms with Crippen molar-refractivity contribution in [2.75, 3.05) is 4.90 Å². The van der Waals surface area contributed by atoms with Gasteiger partial charge in [-0.15, -0.1) is 0 Å². The van der Waals surface area contributed by atoms with Gasteiger partial charge in [-0.1, -0.05) is 61.9 Å². The zero-order valence-electron chi connectivity index (χ0n) is 17.3. The molecule has 4 heteroatoms. The lowest BCUT2D eigenvalue weighted by Gasteiger charge is -2.20. The number of imide groups is 1. The molecule has 1 heterocycles. The maximum Gasteiger partial charge on any atom is 0.238 e. The lowest BCUT2D eigenvalue weighted by Crippen LogP contribution is -2.33. The van der Waals surface area contributed by atoms with E-state index in [1.54, 1.807) is 0 Å². The van der Waals surface area contributed by atoms with Gasteiger partial charge >= 0.3 is 0 Å². The minimum atomic E-state index is -0.198. The van der Waals surface area contributed by atoms with Crippen molar-refractivity contribution in [1.82, 2.24) is 0 Å². The second kappa shape index (κ2) is 7.75. The van der Waals surface area contributed by atoms with Crippen LogP contribution in [0.1, 0.15) is 37.3 Å². The van der Waals surface area contributed by atoms with Gasteiger partial charge in [-0.3, -0.25) is 9.59 Å². The van der Waals surface area contributed by atoms with Crippen LogP contribution in [0.5, 0.6) is 5.75 Å². The van der Waals surface area contributed by atoms with Crippen molar-refractivity contribution in [3.8, 4) is 5.75 Å². The van der Waals surface area contributed by atoms with E-state index >= 15 is 0 Å². The lowest BCUT2D eigenvalue weighted by atomic mass is 9.85. The summed E-state index contributed by atoms with van der Waals surface area (Å²) < 4.78 is 6.08. The summed E-state index contributed by atoms with van der Waals surface area (Å²) in [6.45, 7) is 2.60. The van der Waals surface area contributed by atoms with E-state index in [4.69, 9.17) is 4.74 Å². The summed E-state index contributed by atoms with van der Waals surface area (Å²) in [7, 11) is 0. The zero-order chi connectivity index (χ0) is 20.7. The Labute approximate surface area is 177 Å². The van der Waals surface area contributed by atoms with Crippen LogP contribution in [-0.4, -0.2) is 11.8 Å². The number of benzene rings is 2. The predicted octanol–water partition coefficient (Wildman–Crippen LogP) is 4.92. The number of hydrogen-bond donors (Lipinski definition) is 0. The highest BCUT2D eigenvalue weighted by Crippen LogP contribution is 2.53. The van der Waals surface area contributed by atoms with E-state index in [0.717, 1.165) is 18.4 Å². The maximum atomic E-state index is 13.2. The predicted molar refractivity (Wildman–Crippen MR) is 116 cm³/mol. The summed E-state index contributed by atoms with van der Waals surface area (Å²) >= 11 is 0. The Morgan fingerprint density at radius 1 is 0.900 bits per heavy atom. The van der Waals surface area contributed by atoms with Crippen molar-refractivity contribution in [2.24, 2.45) is 23.7 Å². The van der Waals surface area contributed by atoms with Gasteiger partial charge in [0.1, 0.15) is 12.4 Å². The topological polar surface area (TPSA) is 46.6 Å². The zero-order valence-corrected chi connectivity index (χ0v) is 17.3. The largest absolute Gasteiger partial charge is 0.487 e. The van der Waals surface area contributed by atoms with Gasteiger partial charge < -0.3 is 4.74 Å². The molecule has 4 atom stereocenters. The third-order valence-electron chi connectivity index (χ3n) is 6.81. The molecule has 2 amide bonds. The van der Waals surface area contributed by atoms with Crippen LogP contribution in [0.2, 0.25) is 0 Å². The van der Waals surface area contributed by atoms with Crippen LogP contribution in [0.4, 0.5) is 5.69 Å². The molecule has 1 aliphatic heterocycles. The molecule has 30 heavy (non-hydrogen) atoms. The van der Waals surface area contributed by atoms with E-state index in [1.165, 1.54) is 23.3 Å². The lowest BCUT2D eigenvalue weighted by molar-refractivity contribution is -0.123. The van der Waals surface area contributed by atoms with Crippen molar-refractivity contribution in [1.29, 1.82) is 0 Å². The number of carbonyl (C=O) groups excluding carboxylic acids is 2. The van der Waals surface area contributed by atoms with Crippen LogP contribution in [-0.2, 0) is 22.6 Å². The Morgan fingerprint density at radius 2 is 1.53 bits per heavy atom. The van der Waals surface area contributed by atoms with Gasteiger partial charge in [-0.05, 0) is 54.4 Å². The van der Waals surface area contributed by atoms with E-state index in [-0.39, 0.29) is 35.5 Å². The molecule has 2 aliphatic carbocycles. The van der Waals surface area contributed by atoms with Crippen molar-refractivity contribution >= 4 is 17.5 Å². The summed E-state index contributed by atoms with van der Waals surface area (Å²) in [6.07, 6.45) is 8.65. The van der Waals surface area contributed by atoms with E-state index in [1.807, 2.05) is 24.3 Å². The average Bonchev–Trinajstić information content (AvgIpc) is 3.46. The molecule has 2 fully saturated rings. The Morgan fingerprint density at radius 3 is 2.20 bits per heavy atom. The van der Waals surface area contributed by atoms with Gasteiger partial charge in [0, 0.05) is 0 Å². The minimum Gasteiger partial charge on any atom is -0.487 e. The Hall–Kier alpha value is -2.88. The number of amides is 2. The van der Waals surface area contributed by atoms with Gasteiger partial charge in [0.25, 0.3) is 0 Å². The first-order chi connectivity index (χ1) is 14.7. The number of para-hydroxylation sites is 2. The number of unbranched alkanes of at least 4 members (excludes halogenated alkanes) is 1. The van der Waals surface area contributed by atoms with Crippen LogP contribution in [0.3, 0.4) is 0 Å². The normalized spacial score (nSPS) is 26.5. The first-order valence-corrected chi connectivity index (χ1v) is 11.0. The SMILES string of the molecule is CCCCc1ccc(COc2ccccc2N2C(=O)C3C4C=CC(C4)C3C2=O)cc1. The van der Waals surface area contributed by atoms with Gasteiger partial charge in [0.05, 0.1) is 17.5 Å². The van der Waals surface area contributed by atoms with Gasteiger partial charge in [-0.2, -0.15) is 0 Å². The van der Waals surface area contributed by atoms with Crippen molar-refractivity contribution in [2.45, 2.75) is 39.2 Å². The summed E-state index contributed by atoms with van der Waals surface area (Å²) in [4.78, 5) is 27.7. The molecular weight excluding hydrogens is 374 g/mol. The van der Waals surface area contributed by atoms with Crippen LogP contribution in [0, 0.1) is 23.7 Å². The van der Waals surface area contributed by atoms with Gasteiger partial charge in [-0.25, -0.2) is 4.90 Å². The number of allylic oxidation sites excluding steroid dienone is 2. The van der Waals surface area contributed by atoms with Crippen molar-refractivity contribution < 1.29 is 14.3 Å². The minimum absolute atomic E-state index is 0.0711. The van der Waals surface area contributed by atoms with Gasteiger partial charge in [0.15, 0.2) is 0 Å². The molecule has 0 N–H and O–H groups in total. The third kappa shape index (κ3) is 3.15. The van der Waals surface area contributed by atoms with E-state index in [0.29, 0.717) is 18.0 Å². The number of fused-ring (bicyclic) bond motifs is 5. The number of anilines is 1. The molecule has 2 bridgehead atoms. The van der Waals surface area contributed by atoms with Crippen LogP contribution in [0.25, 0.3) is 0 Å². The Bertz CT molecular complexity index is 964. The molecule has 154 valence electrons. The molecule has 0 spiro atoms. The number of aryl methyl sites for hydroxylation is 1. The van der Waals surface area contributed by atoms with Crippen LogP contribution >= 0.6 is 0 Å². The Kier molecular flexibility index (Phi) is 4.93. The van der Waals surface area contributed by atoms with Crippen LogP contribution < -0.4 is 9.64 Å². The quantitative estimate of drug-likeness (QED) is 0.489. The van der Waals surface area contributed by atoms with Gasteiger partial charge in [0.2, 0.25) is 11.8 Å². The van der Waals surface area contributed by atoms with E-state index in [9.17, 15) is 9.59 Å². The molecule has 2 aromatic rings. The highest BCUT2D eigenvalue weighted by atomic mass is 16.5. The second-order valence-corrected chi connectivity index (χ2v) is 8.69. The summed E-state index contributed by atoms with van der Waals surface area (Å²) in [5.74, 6) is 0.458. The first kappa shape index (κ1) is 19.1. The fourth-order valence-electron chi connectivity index (χ4n) is 5.25. The summed E-state index contributed by atoms with van der Waals surface area (Å²) in [5, 5.41) is 0. The van der Waals surface area contributed by atoms with E-state index in [2.05, 4.69) is 43.3 Å². The molecule has 2 aromatic carbocycles. The molecular formula is C26H27NO3. The fraction of sp³-hybridized carbons (Fsp3) is 0.385. The monoisotopic (exact) mass is 401 g/mol. The molecule has 1 saturated carbocycles. The summed E-state index contributed by atoms with van der Waals surface area (Å²) in [5.41, 5.74) is 2.98.